The minimum atomic E-state index is -3.98. The van der Waals surface area contributed by atoms with Crippen LogP contribution in [-0.4, -0.2) is 18.4 Å². The van der Waals surface area contributed by atoms with Crippen molar-refractivity contribution >= 4 is 55.1 Å². The molecule has 0 fully saturated rings. The van der Waals surface area contributed by atoms with Gasteiger partial charge in [0, 0.05) is 15.9 Å². The summed E-state index contributed by atoms with van der Waals surface area (Å²) in [6.07, 6.45) is 0. The van der Waals surface area contributed by atoms with Gasteiger partial charge in [0.25, 0.3) is 10.0 Å². The summed E-state index contributed by atoms with van der Waals surface area (Å²) in [6, 6.07) is 4.63. The largest absolute Gasteiger partial charge is 0.267 e. The Bertz CT molecular complexity index is 769. The number of halogens is 3. The first-order chi connectivity index (χ1) is 9.69. The minimum absolute atomic E-state index is 0.00579. The molecule has 2 aromatic rings. The van der Waals surface area contributed by atoms with Crippen LogP contribution in [0.4, 0.5) is 5.95 Å². The van der Waals surface area contributed by atoms with E-state index >= 15 is 0 Å². The molecule has 1 aromatic carbocycles. The summed E-state index contributed by atoms with van der Waals surface area (Å²) in [6.45, 7) is 3.48. The highest BCUT2D eigenvalue weighted by Crippen LogP contribution is 2.33. The van der Waals surface area contributed by atoms with Gasteiger partial charge < -0.3 is 0 Å². The number of nitrogens with one attached hydrogen (secondary N) is 1. The Morgan fingerprint density at radius 3 is 2.00 bits per heavy atom. The molecule has 0 bridgehead atoms. The van der Waals surface area contributed by atoms with E-state index in [1.54, 1.807) is 19.9 Å². The van der Waals surface area contributed by atoms with Gasteiger partial charge in [-0.15, -0.1) is 0 Å². The van der Waals surface area contributed by atoms with Crippen molar-refractivity contribution in [3.05, 3.63) is 44.1 Å². The molecule has 21 heavy (non-hydrogen) atoms. The fourth-order valence-electron chi connectivity index (χ4n) is 1.73. The van der Waals surface area contributed by atoms with Crippen LogP contribution in [0.2, 0.25) is 10.0 Å². The lowest BCUT2D eigenvalue weighted by Gasteiger charge is -2.11. The molecule has 0 atom stereocenters. The van der Waals surface area contributed by atoms with Gasteiger partial charge in [-0.05, 0) is 32.0 Å². The Hall–Kier alpha value is -0.890. The number of aromatic nitrogens is 2. The summed E-state index contributed by atoms with van der Waals surface area (Å²) in [7, 11) is -3.98. The molecule has 112 valence electrons. The zero-order valence-electron chi connectivity index (χ0n) is 11.0. The van der Waals surface area contributed by atoms with Crippen LogP contribution in [0.15, 0.2) is 27.6 Å². The summed E-state index contributed by atoms with van der Waals surface area (Å²) in [5.41, 5.74) is 1.29. The zero-order chi connectivity index (χ0) is 15.8. The van der Waals surface area contributed by atoms with Crippen LogP contribution in [0.3, 0.4) is 0 Å². The van der Waals surface area contributed by atoms with Crippen molar-refractivity contribution in [3.63, 3.8) is 0 Å². The average Bonchev–Trinajstić information content (AvgIpc) is 2.23. The normalized spacial score (nSPS) is 11.5. The predicted octanol–water partition coefficient (Wildman–Crippen LogP) is 3.96. The van der Waals surface area contributed by atoms with Crippen LogP contribution < -0.4 is 4.72 Å². The first-order valence-corrected chi connectivity index (χ1v) is 8.72. The Labute approximate surface area is 140 Å². The fourth-order valence-corrected chi connectivity index (χ4v) is 4.61. The highest BCUT2D eigenvalue weighted by atomic mass is 79.9. The van der Waals surface area contributed by atoms with E-state index in [9.17, 15) is 8.42 Å². The standard InChI is InChI=1S/C12H10BrCl2N3O2S/c1-6-3-7(2)17-12(16-6)18-21(19,20)11-9(14)4-8(13)5-10(11)15/h3-5H,1-2H3,(H,16,17,18). The summed E-state index contributed by atoms with van der Waals surface area (Å²) in [5.74, 6) is -0.0254. The number of sulfonamides is 1. The lowest BCUT2D eigenvalue weighted by molar-refractivity contribution is 0.601. The van der Waals surface area contributed by atoms with Crippen LogP contribution in [0.5, 0.6) is 0 Å². The number of anilines is 1. The predicted molar refractivity (Wildman–Crippen MR) is 86.5 cm³/mol. The second-order valence-electron chi connectivity index (χ2n) is 4.28. The molecule has 0 unspecified atom stereocenters. The number of rotatable bonds is 3. The van der Waals surface area contributed by atoms with Crippen LogP contribution >= 0.6 is 39.1 Å². The van der Waals surface area contributed by atoms with Crippen molar-refractivity contribution in [3.8, 4) is 0 Å². The maximum absolute atomic E-state index is 12.4. The van der Waals surface area contributed by atoms with Crippen molar-refractivity contribution in [2.45, 2.75) is 18.7 Å². The molecule has 1 aromatic heterocycles. The average molecular weight is 411 g/mol. The quantitative estimate of drug-likeness (QED) is 0.830. The molecule has 1 heterocycles. The van der Waals surface area contributed by atoms with Gasteiger partial charge in [-0.1, -0.05) is 39.1 Å². The Morgan fingerprint density at radius 1 is 1.05 bits per heavy atom. The molecule has 0 aliphatic rings. The van der Waals surface area contributed by atoms with E-state index < -0.39 is 10.0 Å². The first-order valence-electron chi connectivity index (χ1n) is 5.69. The van der Waals surface area contributed by atoms with Gasteiger partial charge in [0.15, 0.2) is 0 Å². The van der Waals surface area contributed by atoms with E-state index in [-0.39, 0.29) is 20.9 Å². The number of aryl methyl sites for hydroxylation is 2. The van der Waals surface area contributed by atoms with Crippen molar-refractivity contribution in [2.75, 3.05) is 4.72 Å². The molecule has 1 N–H and O–H groups in total. The van der Waals surface area contributed by atoms with E-state index in [1.165, 1.54) is 12.1 Å². The van der Waals surface area contributed by atoms with E-state index in [2.05, 4.69) is 30.6 Å². The maximum Gasteiger partial charge on any atom is 0.267 e. The van der Waals surface area contributed by atoms with Crippen LogP contribution in [0.25, 0.3) is 0 Å². The molecular weight excluding hydrogens is 401 g/mol. The van der Waals surface area contributed by atoms with Crippen LogP contribution in [0, 0.1) is 13.8 Å². The Balaban J connectivity index is 2.48. The lowest BCUT2D eigenvalue weighted by Crippen LogP contribution is -2.16. The second kappa shape index (κ2) is 6.08. The molecule has 0 spiro atoms. The van der Waals surface area contributed by atoms with Gasteiger partial charge >= 0.3 is 0 Å². The molecule has 0 aliphatic heterocycles. The van der Waals surface area contributed by atoms with Crippen molar-refractivity contribution in [1.29, 1.82) is 0 Å². The summed E-state index contributed by atoms with van der Waals surface area (Å²) >= 11 is 15.1. The molecule has 0 saturated heterocycles. The second-order valence-corrected chi connectivity index (χ2v) is 7.63. The van der Waals surface area contributed by atoms with Gasteiger partial charge in [0.2, 0.25) is 5.95 Å². The van der Waals surface area contributed by atoms with Gasteiger partial charge in [-0.2, -0.15) is 0 Å². The SMILES string of the molecule is Cc1cc(C)nc(NS(=O)(=O)c2c(Cl)cc(Br)cc2Cl)n1. The van der Waals surface area contributed by atoms with Gasteiger partial charge in [0.05, 0.1) is 10.0 Å². The maximum atomic E-state index is 12.4. The molecule has 9 heteroatoms. The van der Waals surface area contributed by atoms with Crippen molar-refractivity contribution in [1.82, 2.24) is 9.97 Å². The number of nitrogens with zero attached hydrogens (tertiary/aromatic N) is 2. The van der Waals surface area contributed by atoms with Crippen LogP contribution in [-0.2, 0) is 10.0 Å². The van der Waals surface area contributed by atoms with Crippen molar-refractivity contribution < 1.29 is 8.42 Å². The van der Waals surface area contributed by atoms with Gasteiger partial charge in [-0.3, -0.25) is 0 Å². The first kappa shape index (κ1) is 16.5. The van der Waals surface area contributed by atoms with E-state index in [4.69, 9.17) is 23.2 Å². The summed E-state index contributed by atoms with van der Waals surface area (Å²) in [4.78, 5) is 7.84. The summed E-state index contributed by atoms with van der Waals surface area (Å²) < 4.78 is 27.7. The molecular formula is C12H10BrCl2N3O2S. The highest BCUT2D eigenvalue weighted by molar-refractivity contribution is 9.10. The highest BCUT2D eigenvalue weighted by Gasteiger charge is 2.23. The monoisotopic (exact) mass is 409 g/mol. The van der Waals surface area contributed by atoms with E-state index in [1.807, 2.05) is 0 Å². The number of hydrogen-bond acceptors (Lipinski definition) is 4. The third kappa shape index (κ3) is 3.85. The zero-order valence-corrected chi connectivity index (χ0v) is 14.9. The van der Waals surface area contributed by atoms with Crippen molar-refractivity contribution in [2.24, 2.45) is 0 Å². The summed E-state index contributed by atoms with van der Waals surface area (Å²) in [5, 5.41) is 0.0116. The Morgan fingerprint density at radius 2 is 1.52 bits per heavy atom. The number of hydrogen-bond donors (Lipinski definition) is 1. The van der Waals surface area contributed by atoms with E-state index in [0.29, 0.717) is 15.9 Å². The minimum Gasteiger partial charge on any atom is -0.247 e. The molecule has 5 nitrogen and oxygen atoms in total. The molecule has 0 aliphatic carbocycles. The molecule has 0 saturated carbocycles. The topological polar surface area (TPSA) is 72.0 Å². The third-order valence-electron chi connectivity index (χ3n) is 2.44. The molecule has 2 rings (SSSR count). The van der Waals surface area contributed by atoms with Gasteiger partial charge in [-0.25, -0.2) is 23.1 Å². The fraction of sp³-hybridized carbons (Fsp3) is 0.167. The Kier molecular flexibility index (Phi) is 4.77. The third-order valence-corrected chi connectivity index (χ3v) is 5.15. The smallest absolute Gasteiger partial charge is 0.247 e. The van der Waals surface area contributed by atoms with Gasteiger partial charge in [0.1, 0.15) is 4.90 Å². The van der Waals surface area contributed by atoms with E-state index in [0.717, 1.165) is 0 Å². The van der Waals surface area contributed by atoms with Crippen LogP contribution in [0.1, 0.15) is 11.4 Å². The molecule has 0 amide bonds. The number of benzene rings is 1. The lowest BCUT2D eigenvalue weighted by atomic mass is 10.4. The molecule has 0 radical (unpaired) electrons.